The van der Waals surface area contributed by atoms with Gasteiger partial charge in [0.2, 0.25) is 0 Å². The lowest BCUT2D eigenvalue weighted by Crippen LogP contribution is -2.44. The van der Waals surface area contributed by atoms with Crippen LogP contribution in [0, 0.1) is 0 Å². The summed E-state index contributed by atoms with van der Waals surface area (Å²) < 4.78 is 0. The van der Waals surface area contributed by atoms with E-state index in [1.54, 1.807) is 11.3 Å². The van der Waals surface area contributed by atoms with Crippen molar-refractivity contribution >= 4 is 23.3 Å². The van der Waals surface area contributed by atoms with Crippen molar-refractivity contribution in [3.05, 3.63) is 45.3 Å². The predicted octanol–water partition coefficient (Wildman–Crippen LogP) is 3.09. The van der Waals surface area contributed by atoms with Crippen LogP contribution in [-0.4, -0.2) is 29.9 Å². The normalized spacial score (nSPS) is 23.8. The van der Waals surface area contributed by atoms with Crippen LogP contribution in [-0.2, 0) is 4.79 Å². The van der Waals surface area contributed by atoms with E-state index in [1.807, 2.05) is 22.4 Å². The van der Waals surface area contributed by atoms with Gasteiger partial charge in [-0.2, -0.15) is 0 Å². The van der Waals surface area contributed by atoms with Gasteiger partial charge in [-0.15, -0.1) is 11.3 Å². The van der Waals surface area contributed by atoms with E-state index in [2.05, 4.69) is 16.7 Å². The van der Waals surface area contributed by atoms with E-state index < -0.39 is 0 Å². The van der Waals surface area contributed by atoms with Gasteiger partial charge < -0.3 is 15.5 Å². The molecule has 1 aromatic heterocycles. The first kappa shape index (κ1) is 15.4. The van der Waals surface area contributed by atoms with Crippen LogP contribution in [0.2, 0.25) is 0 Å². The van der Waals surface area contributed by atoms with Crippen LogP contribution < -0.4 is 10.6 Å². The largest absolute Gasteiger partial charge is 0.333 e. The van der Waals surface area contributed by atoms with Crippen molar-refractivity contribution in [2.75, 3.05) is 13.1 Å². The van der Waals surface area contributed by atoms with Gasteiger partial charge >= 0.3 is 6.03 Å². The Kier molecular flexibility index (Phi) is 4.14. The van der Waals surface area contributed by atoms with Crippen LogP contribution in [0.25, 0.3) is 0 Å². The second-order valence-corrected chi connectivity index (χ2v) is 7.50. The number of hydrogen-bond donors (Lipinski definition) is 2. The van der Waals surface area contributed by atoms with Gasteiger partial charge in [-0.05, 0) is 43.6 Å². The third-order valence-electron chi connectivity index (χ3n) is 4.94. The monoisotopic (exact) mass is 343 g/mol. The summed E-state index contributed by atoms with van der Waals surface area (Å²) in [5.41, 5.74) is 2.94. The van der Waals surface area contributed by atoms with Gasteiger partial charge in [0.15, 0.2) is 0 Å². The molecule has 3 amide bonds. The summed E-state index contributed by atoms with van der Waals surface area (Å²) in [6.07, 6.45) is 8.13. The zero-order valence-corrected chi connectivity index (χ0v) is 14.3. The second-order valence-electron chi connectivity index (χ2n) is 6.52. The highest BCUT2D eigenvalue weighted by atomic mass is 32.1. The van der Waals surface area contributed by atoms with E-state index in [1.165, 1.54) is 24.8 Å². The molecule has 5 nitrogen and oxygen atoms in total. The number of amides is 3. The maximum Gasteiger partial charge on any atom is 0.319 e. The fourth-order valence-corrected chi connectivity index (χ4v) is 4.47. The lowest BCUT2D eigenvalue weighted by Gasteiger charge is -2.24. The number of nitrogens with zero attached hydrogens (tertiary/aromatic N) is 1. The van der Waals surface area contributed by atoms with Crippen molar-refractivity contribution < 1.29 is 9.59 Å². The van der Waals surface area contributed by atoms with E-state index >= 15 is 0 Å². The molecule has 126 valence electrons. The molecule has 2 aliphatic heterocycles. The third kappa shape index (κ3) is 2.86. The molecule has 0 radical (unpaired) electrons. The van der Waals surface area contributed by atoms with E-state index in [4.69, 9.17) is 0 Å². The summed E-state index contributed by atoms with van der Waals surface area (Å²) in [5.74, 6) is 0.0484. The first-order chi connectivity index (χ1) is 11.7. The zero-order chi connectivity index (χ0) is 16.5. The minimum atomic E-state index is -0.319. The molecular weight excluding hydrogens is 322 g/mol. The van der Waals surface area contributed by atoms with Gasteiger partial charge in [0.25, 0.3) is 5.91 Å². The van der Waals surface area contributed by atoms with Crippen molar-refractivity contribution in [2.24, 2.45) is 0 Å². The van der Waals surface area contributed by atoms with E-state index in [0.717, 1.165) is 30.0 Å². The van der Waals surface area contributed by atoms with Gasteiger partial charge in [0, 0.05) is 11.4 Å². The SMILES string of the molecule is O=C1NC2=C(C(=O)N(CCC3=CCCCC3)C2)[C@H](c2cccs2)N1. The van der Waals surface area contributed by atoms with Gasteiger partial charge in [-0.25, -0.2) is 4.79 Å². The number of thiophene rings is 1. The van der Waals surface area contributed by atoms with Crippen molar-refractivity contribution in [1.82, 2.24) is 15.5 Å². The molecule has 1 aliphatic carbocycles. The second kappa shape index (κ2) is 6.43. The summed E-state index contributed by atoms with van der Waals surface area (Å²) in [7, 11) is 0. The first-order valence-electron chi connectivity index (χ1n) is 8.53. The Hall–Kier alpha value is -2.08. The highest BCUT2D eigenvalue weighted by molar-refractivity contribution is 7.10. The highest BCUT2D eigenvalue weighted by Gasteiger charge is 2.40. The average Bonchev–Trinajstić information content (AvgIpc) is 3.22. The lowest BCUT2D eigenvalue weighted by molar-refractivity contribution is -0.125. The molecule has 0 saturated carbocycles. The Balaban J connectivity index is 1.50. The van der Waals surface area contributed by atoms with E-state index in [0.29, 0.717) is 12.1 Å². The molecule has 0 bridgehead atoms. The third-order valence-corrected chi connectivity index (χ3v) is 5.87. The van der Waals surface area contributed by atoms with Crippen LogP contribution in [0.1, 0.15) is 43.0 Å². The summed E-state index contributed by atoms with van der Waals surface area (Å²) >= 11 is 1.56. The first-order valence-corrected chi connectivity index (χ1v) is 9.41. The zero-order valence-electron chi connectivity index (χ0n) is 13.5. The Bertz CT molecular complexity index is 721. The van der Waals surface area contributed by atoms with Crippen molar-refractivity contribution in [3.63, 3.8) is 0 Å². The minimum Gasteiger partial charge on any atom is -0.333 e. The lowest BCUT2D eigenvalue weighted by atomic mass is 9.97. The molecule has 24 heavy (non-hydrogen) atoms. The molecule has 3 heterocycles. The van der Waals surface area contributed by atoms with Crippen molar-refractivity contribution in [2.45, 2.75) is 38.1 Å². The standard InChI is InChI=1S/C18H21N3O2S/c22-17-15-13(11-21(17)9-8-12-5-2-1-3-6-12)19-18(23)20-16(15)14-7-4-10-24-14/h4-5,7,10,16H,1-3,6,8-9,11H2,(H2,19,20,23)/t16-/m0/s1. The maximum absolute atomic E-state index is 12.9. The van der Waals surface area contributed by atoms with Crippen LogP contribution in [0.4, 0.5) is 4.79 Å². The van der Waals surface area contributed by atoms with Gasteiger partial charge in [0.1, 0.15) is 0 Å². The quantitative estimate of drug-likeness (QED) is 0.825. The predicted molar refractivity (Wildman–Crippen MR) is 93.5 cm³/mol. The van der Waals surface area contributed by atoms with Crippen molar-refractivity contribution in [3.8, 4) is 0 Å². The molecule has 0 spiro atoms. The smallest absolute Gasteiger partial charge is 0.319 e. The van der Waals surface area contributed by atoms with Crippen LogP contribution in [0.3, 0.4) is 0 Å². The molecule has 1 aromatic rings. The molecule has 6 heteroatoms. The highest BCUT2D eigenvalue weighted by Crippen LogP contribution is 2.34. The number of urea groups is 1. The number of hydrogen-bond acceptors (Lipinski definition) is 3. The summed E-state index contributed by atoms with van der Waals surface area (Å²) in [6, 6.07) is 3.37. The summed E-state index contributed by atoms with van der Waals surface area (Å²) in [5, 5.41) is 7.68. The molecular formula is C18H21N3O2S. The molecule has 3 aliphatic rings. The number of carbonyl (C=O) groups is 2. The minimum absolute atomic E-state index is 0.0484. The summed E-state index contributed by atoms with van der Waals surface area (Å²) in [4.78, 5) is 27.7. The molecule has 0 saturated heterocycles. The Morgan fingerprint density at radius 2 is 2.21 bits per heavy atom. The van der Waals surface area contributed by atoms with E-state index in [9.17, 15) is 9.59 Å². The molecule has 1 atom stereocenters. The number of allylic oxidation sites excluding steroid dienone is 1. The molecule has 0 fully saturated rings. The van der Waals surface area contributed by atoms with Gasteiger partial charge in [0.05, 0.1) is 23.9 Å². The molecule has 0 aromatic carbocycles. The fourth-order valence-electron chi connectivity index (χ4n) is 3.69. The Morgan fingerprint density at radius 1 is 1.29 bits per heavy atom. The van der Waals surface area contributed by atoms with E-state index in [-0.39, 0.29) is 18.0 Å². The number of rotatable bonds is 4. The average molecular weight is 343 g/mol. The molecule has 0 unspecified atom stereocenters. The van der Waals surface area contributed by atoms with Gasteiger partial charge in [-0.1, -0.05) is 17.7 Å². The Morgan fingerprint density at radius 3 is 2.96 bits per heavy atom. The topological polar surface area (TPSA) is 61.4 Å². The molecule has 2 N–H and O–H groups in total. The van der Waals surface area contributed by atoms with Crippen molar-refractivity contribution in [1.29, 1.82) is 0 Å². The number of carbonyl (C=O) groups excluding carboxylic acids is 2. The number of nitrogens with one attached hydrogen (secondary N) is 2. The summed E-state index contributed by atoms with van der Waals surface area (Å²) in [6.45, 7) is 1.24. The Labute approximate surface area is 145 Å². The van der Waals surface area contributed by atoms with Crippen LogP contribution in [0.15, 0.2) is 40.4 Å². The van der Waals surface area contributed by atoms with Crippen LogP contribution >= 0.6 is 11.3 Å². The maximum atomic E-state index is 12.9. The van der Waals surface area contributed by atoms with Gasteiger partial charge in [-0.3, -0.25) is 4.79 Å². The fraction of sp³-hybridized carbons (Fsp3) is 0.444. The molecule has 4 rings (SSSR count). The van der Waals surface area contributed by atoms with Crippen LogP contribution in [0.5, 0.6) is 0 Å².